The van der Waals surface area contributed by atoms with E-state index in [0.717, 1.165) is 0 Å². The van der Waals surface area contributed by atoms with Crippen LogP contribution in [0.5, 0.6) is 0 Å². The monoisotopic (exact) mass is 700 g/mol. The van der Waals surface area contributed by atoms with Crippen LogP contribution in [0.2, 0.25) is 0 Å². The molecule has 0 bridgehead atoms. The van der Waals surface area contributed by atoms with Crippen LogP contribution < -0.4 is 0 Å². The summed E-state index contributed by atoms with van der Waals surface area (Å²) < 4.78 is 0. The normalized spacial score (nSPS) is 9.72. The summed E-state index contributed by atoms with van der Waals surface area (Å²) in [5.74, 6) is 0.578. The summed E-state index contributed by atoms with van der Waals surface area (Å²) in [4.78, 5) is 0. The van der Waals surface area contributed by atoms with Crippen molar-refractivity contribution in [2.75, 3.05) is 0 Å². The van der Waals surface area contributed by atoms with Crippen molar-refractivity contribution in [3.05, 3.63) is 146 Å². The van der Waals surface area contributed by atoms with Crippen molar-refractivity contribution in [2.24, 2.45) is 0 Å². The average Bonchev–Trinajstić information content (AvgIpc) is 3.57. The molecule has 226 valence electrons. The fraction of sp³-hybridized carbons (Fsp3) is 0.179. The number of fused-ring (bicyclic) bond motifs is 2. The van der Waals surface area contributed by atoms with Gasteiger partial charge in [-0.15, -0.1) is 93.4 Å². The Hall–Kier alpha value is -2.22. The van der Waals surface area contributed by atoms with Gasteiger partial charge in [0.1, 0.15) is 0 Å². The van der Waals surface area contributed by atoms with Crippen molar-refractivity contribution in [3.63, 3.8) is 0 Å². The molecule has 2 radical (unpaired) electrons. The summed E-state index contributed by atoms with van der Waals surface area (Å²) in [5.41, 5.74) is 12.2. The molecule has 0 unspecified atom stereocenters. The first-order chi connectivity index (χ1) is 18.8. The standard InChI is InChI=1S/C20H21.C17H15.2CH3.2ClH.Si.Zr/c1-13(2)17-11-16-8-6-10-19(20(16)12-17)18-9-5-7-14(3)15(18)4;1-12-10-16-13(2)8-9-15(17(16)11-12)14-6-4-3-5-7-14;;;;;;/h5-13H,1-4H3;3-11H,1-2H3;2*1H3;2*1H;;/q4*-1;;;;. The summed E-state index contributed by atoms with van der Waals surface area (Å²) >= 11 is 1.36. The molecule has 0 aliphatic carbocycles. The zero-order valence-electron chi connectivity index (χ0n) is 26.7. The Kier molecular flexibility index (Phi) is 17.6. The first kappa shape index (κ1) is 40.8. The first-order valence-corrected chi connectivity index (χ1v) is 17.7. The molecule has 4 heteroatoms. The quantitative estimate of drug-likeness (QED) is 0.127. The number of aryl methyl sites for hydroxylation is 3. The van der Waals surface area contributed by atoms with E-state index in [9.17, 15) is 0 Å². The van der Waals surface area contributed by atoms with Crippen LogP contribution in [0.4, 0.5) is 0 Å². The van der Waals surface area contributed by atoms with E-state index in [1.165, 1.54) is 95.0 Å². The van der Waals surface area contributed by atoms with E-state index in [-0.39, 0.29) is 39.7 Å². The molecule has 0 amide bonds. The maximum absolute atomic E-state index is 3.06. The summed E-state index contributed by atoms with van der Waals surface area (Å²) in [6.07, 6.45) is 0. The molecule has 43 heavy (non-hydrogen) atoms. The van der Waals surface area contributed by atoms with Gasteiger partial charge in [-0.3, -0.25) is 0 Å². The molecule has 0 fully saturated rings. The molecule has 0 aliphatic rings. The number of hydrogen-bond donors (Lipinski definition) is 0. The molecule has 6 aromatic rings. The van der Waals surface area contributed by atoms with E-state index in [4.69, 9.17) is 0 Å². The Morgan fingerprint density at radius 3 is 1.88 bits per heavy atom. The van der Waals surface area contributed by atoms with Crippen molar-refractivity contribution in [3.8, 4) is 22.3 Å². The molecular weight excluding hydrogens is 659 g/mol. The Balaban J connectivity index is 0.000000719. The minimum atomic E-state index is 0. The van der Waals surface area contributed by atoms with E-state index < -0.39 is 0 Å². The molecule has 0 saturated heterocycles. The van der Waals surface area contributed by atoms with Crippen molar-refractivity contribution < 1.29 is 23.3 Å². The van der Waals surface area contributed by atoms with Gasteiger partial charge in [0.15, 0.2) is 0 Å². The summed E-state index contributed by atoms with van der Waals surface area (Å²) in [6, 6.07) is 37.5. The maximum atomic E-state index is 3.06. The van der Waals surface area contributed by atoms with Crippen LogP contribution in [-0.4, -0.2) is 6.88 Å². The van der Waals surface area contributed by atoms with Gasteiger partial charge in [0, 0.05) is 0 Å². The zero-order chi connectivity index (χ0) is 28.1. The van der Waals surface area contributed by atoms with Crippen LogP contribution in [0.3, 0.4) is 0 Å². The van der Waals surface area contributed by atoms with E-state index in [0.29, 0.717) is 5.92 Å². The Labute approximate surface area is 290 Å². The van der Waals surface area contributed by atoms with Gasteiger partial charge >= 0.3 is 30.2 Å². The fourth-order valence-electron chi connectivity index (χ4n) is 5.33. The topological polar surface area (TPSA) is 0 Å². The van der Waals surface area contributed by atoms with Crippen molar-refractivity contribution in [1.82, 2.24) is 0 Å². The summed E-state index contributed by atoms with van der Waals surface area (Å²) in [6.45, 7) is 16.3. The van der Waals surface area contributed by atoms with Crippen LogP contribution in [0.25, 0.3) is 43.8 Å². The van der Waals surface area contributed by atoms with Crippen molar-refractivity contribution >= 4 is 53.2 Å². The fourth-order valence-corrected chi connectivity index (χ4v) is 5.33. The molecule has 0 N–H and O–H groups in total. The molecule has 0 atom stereocenters. The second-order valence-corrected chi connectivity index (χ2v) is 10.7. The van der Waals surface area contributed by atoms with Gasteiger partial charge in [-0.05, 0) is 42.0 Å². The van der Waals surface area contributed by atoms with Gasteiger partial charge < -0.3 is 14.9 Å². The Morgan fingerprint density at radius 1 is 0.605 bits per heavy atom. The molecule has 0 saturated carbocycles. The molecular formula is C39H44Cl2SiZr-4. The van der Waals surface area contributed by atoms with E-state index in [1.807, 2.05) is 0 Å². The Bertz CT molecular complexity index is 1710. The molecule has 0 aliphatic heterocycles. The number of halogens is 2. The third kappa shape index (κ3) is 9.15. The van der Waals surface area contributed by atoms with E-state index >= 15 is 0 Å². The second-order valence-electron chi connectivity index (χ2n) is 10.7. The number of benzene rings is 4. The third-order valence-corrected chi connectivity index (χ3v) is 7.67. The number of hydrogen-bond acceptors (Lipinski definition) is 0. The predicted molar refractivity (Wildman–Crippen MR) is 196 cm³/mol. The molecule has 0 nitrogen and oxygen atoms in total. The summed E-state index contributed by atoms with van der Waals surface area (Å²) in [7, 11) is 0. The van der Waals surface area contributed by atoms with E-state index in [2.05, 4.69) is 152 Å². The third-order valence-electron chi connectivity index (χ3n) is 7.67. The molecule has 0 spiro atoms. The van der Waals surface area contributed by atoms with Crippen molar-refractivity contribution in [2.45, 2.75) is 47.5 Å². The first-order valence-electron chi connectivity index (χ1n) is 13.6. The van der Waals surface area contributed by atoms with Crippen LogP contribution in [0, 0.1) is 42.5 Å². The molecule has 0 heterocycles. The average molecular weight is 703 g/mol. The molecule has 6 rings (SSSR count). The minimum absolute atomic E-state index is 0. The number of rotatable bonds is 3. The molecule has 6 aromatic carbocycles. The summed E-state index contributed by atoms with van der Waals surface area (Å²) in [5, 5.41) is 5.48. The zero-order valence-corrected chi connectivity index (χ0v) is 31.8. The van der Waals surface area contributed by atoms with Crippen LogP contribution in [0.1, 0.15) is 47.6 Å². The van der Waals surface area contributed by atoms with Crippen LogP contribution in [-0.2, 0) is 23.3 Å². The van der Waals surface area contributed by atoms with Gasteiger partial charge in [-0.25, -0.2) is 0 Å². The second kappa shape index (κ2) is 18.6. The Morgan fingerprint density at radius 2 is 1.23 bits per heavy atom. The van der Waals surface area contributed by atoms with Gasteiger partial charge in [0.2, 0.25) is 0 Å². The van der Waals surface area contributed by atoms with Gasteiger partial charge in [0.25, 0.3) is 0 Å². The van der Waals surface area contributed by atoms with Gasteiger partial charge in [-0.2, -0.15) is 12.1 Å². The van der Waals surface area contributed by atoms with Gasteiger partial charge in [0.05, 0.1) is 0 Å². The van der Waals surface area contributed by atoms with Gasteiger partial charge in [-0.1, -0.05) is 99.5 Å². The van der Waals surface area contributed by atoms with E-state index in [1.54, 1.807) is 0 Å². The van der Waals surface area contributed by atoms with Crippen molar-refractivity contribution in [1.29, 1.82) is 0 Å². The SMILES string of the molecule is Cc1cc2c(-c3ccccc3)ccc(C)c2[cH-]1.Cc1cccc(-c2cccc3[cH-]c(C(C)C)cc23)c1C.Cl.Cl.[CH3-].[CH3-].[Si]=[Zr]. The van der Waals surface area contributed by atoms with Crippen LogP contribution >= 0.6 is 24.8 Å². The predicted octanol–water partition coefficient (Wildman–Crippen LogP) is 12.2. The van der Waals surface area contributed by atoms with Crippen LogP contribution in [0.15, 0.2) is 103 Å². The molecule has 0 aromatic heterocycles.